The van der Waals surface area contributed by atoms with Crippen LogP contribution in [-0.2, 0) is 6.54 Å². The van der Waals surface area contributed by atoms with E-state index < -0.39 is 0 Å². The molecule has 2 rings (SSSR count). The Balaban J connectivity index is 2.05. The van der Waals surface area contributed by atoms with Crippen LogP contribution in [0, 0.1) is 5.82 Å². The van der Waals surface area contributed by atoms with Crippen LogP contribution in [-0.4, -0.2) is 29.2 Å². The highest BCUT2D eigenvalue weighted by molar-refractivity contribution is 9.10. The molecule has 1 fully saturated rings. The number of hydrogen-bond donors (Lipinski definition) is 1. The Morgan fingerprint density at radius 3 is 2.65 bits per heavy atom. The minimum atomic E-state index is -0.216. The Morgan fingerprint density at radius 1 is 1.35 bits per heavy atom. The van der Waals surface area contributed by atoms with Crippen LogP contribution in [0.1, 0.15) is 24.8 Å². The second-order valence-electron chi connectivity index (χ2n) is 4.56. The fourth-order valence-electron chi connectivity index (χ4n) is 2.21. The van der Waals surface area contributed by atoms with E-state index in [4.69, 9.17) is 5.11 Å². The fraction of sp³-hybridized carbons (Fsp3) is 0.538. The standard InChI is InChI=1S/C13H17BrFNO/c14-11-6-10(7-12(15)8-11)9-16(4-5-17)13-2-1-3-13/h6-8,13,17H,1-5,9H2. The van der Waals surface area contributed by atoms with Crippen molar-refractivity contribution in [3.8, 4) is 0 Å². The first-order chi connectivity index (χ1) is 8.19. The third-order valence-corrected chi connectivity index (χ3v) is 3.74. The number of benzene rings is 1. The number of aliphatic hydroxyl groups excluding tert-OH is 1. The van der Waals surface area contributed by atoms with Crippen LogP contribution in [0.5, 0.6) is 0 Å². The van der Waals surface area contributed by atoms with Crippen molar-refractivity contribution in [3.05, 3.63) is 34.1 Å². The van der Waals surface area contributed by atoms with Crippen molar-refractivity contribution >= 4 is 15.9 Å². The summed E-state index contributed by atoms with van der Waals surface area (Å²) in [6.45, 7) is 1.54. The lowest BCUT2D eigenvalue weighted by Gasteiger charge is -2.37. The van der Waals surface area contributed by atoms with Crippen molar-refractivity contribution in [1.29, 1.82) is 0 Å². The van der Waals surface area contributed by atoms with E-state index in [1.807, 2.05) is 6.07 Å². The highest BCUT2D eigenvalue weighted by atomic mass is 79.9. The predicted octanol–water partition coefficient (Wildman–Crippen LogP) is 2.94. The van der Waals surface area contributed by atoms with E-state index in [1.54, 1.807) is 6.07 Å². The molecule has 17 heavy (non-hydrogen) atoms. The average molecular weight is 302 g/mol. The third-order valence-electron chi connectivity index (χ3n) is 3.29. The molecule has 4 heteroatoms. The highest BCUT2D eigenvalue weighted by Gasteiger charge is 2.24. The summed E-state index contributed by atoms with van der Waals surface area (Å²) in [5.41, 5.74) is 0.956. The van der Waals surface area contributed by atoms with Gasteiger partial charge in [-0.1, -0.05) is 22.4 Å². The smallest absolute Gasteiger partial charge is 0.124 e. The van der Waals surface area contributed by atoms with Gasteiger partial charge in [0.15, 0.2) is 0 Å². The second kappa shape index (κ2) is 5.94. The molecule has 0 aromatic heterocycles. The lowest BCUT2D eigenvalue weighted by Crippen LogP contribution is -2.41. The first kappa shape index (κ1) is 13.0. The average Bonchev–Trinajstić information content (AvgIpc) is 2.13. The summed E-state index contributed by atoms with van der Waals surface area (Å²) in [7, 11) is 0. The van der Waals surface area contributed by atoms with Crippen LogP contribution in [0.15, 0.2) is 22.7 Å². The summed E-state index contributed by atoms with van der Waals surface area (Å²) in [5, 5.41) is 9.07. The number of aliphatic hydroxyl groups is 1. The zero-order chi connectivity index (χ0) is 12.3. The molecule has 1 aliphatic rings. The van der Waals surface area contributed by atoms with E-state index in [2.05, 4.69) is 20.8 Å². The SMILES string of the molecule is OCCN(Cc1cc(F)cc(Br)c1)C1CCC1. The molecule has 0 unspecified atom stereocenters. The molecule has 0 bridgehead atoms. The zero-order valence-electron chi connectivity index (χ0n) is 9.70. The quantitative estimate of drug-likeness (QED) is 0.904. The Morgan fingerprint density at radius 2 is 2.12 bits per heavy atom. The number of rotatable bonds is 5. The number of nitrogens with zero attached hydrogens (tertiary/aromatic N) is 1. The highest BCUT2D eigenvalue weighted by Crippen LogP contribution is 2.26. The maximum Gasteiger partial charge on any atom is 0.124 e. The summed E-state index contributed by atoms with van der Waals surface area (Å²) >= 11 is 3.30. The Kier molecular flexibility index (Phi) is 4.54. The van der Waals surface area contributed by atoms with Gasteiger partial charge in [-0.05, 0) is 36.6 Å². The normalized spacial score (nSPS) is 16.2. The molecule has 94 valence electrons. The molecule has 0 spiro atoms. The van der Waals surface area contributed by atoms with E-state index >= 15 is 0 Å². The summed E-state index contributed by atoms with van der Waals surface area (Å²) < 4.78 is 14.0. The van der Waals surface area contributed by atoms with E-state index in [9.17, 15) is 4.39 Å². The third kappa shape index (κ3) is 3.50. The van der Waals surface area contributed by atoms with Crippen molar-refractivity contribution in [2.24, 2.45) is 0 Å². The molecular weight excluding hydrogens is 285 g/mol. The van der Waals surface area contributed by atoms with Crippen molar-refractivity contribution in [2.45, 2.75) is 31.8 Å². The first-order valence-corrected chi connectivity index (χ1v) is 6.78. The van der Waals surface area contributed by atoms with Gasteiger partial charge in [-0.15, -0.1) is 0 Å². The van der Waals surface area contributed by atoms with Crippen molar-refractivity contribution < 1.29 is 9.50 Å². The lowest BCUT2D eigenvalue weighted by molar-refractivity contribution is 0.0944. The number of halogens is 2. The monoisotopic (exact) mass is 301 g/mol. The molecule has 1 aromatic carbocycles. The van der Waals surface area contributed by atoms with Crippen molar-refractivity contribution in [2.75, 3.05) is 13.2 Å². The van der Waals surface area contributed by atoms with Gasteiger partial charge in [0.1, 0.15) is 5.82 Å². The van der Waals surface area contributed by atoms with Gasteiger partial charge < -0.3 is 5.11 Å². The molecular formula is C13H17BrFNO. The van der Waals surface area contributed by atoms with Gasteiger partial charge in [-0.2, -0.15) is 0 Å². The molecule has 1 N–H and O–H groups in total. The van der Waals surface area contributed by atoms with Gasteiger partial charge >= 0.3 is 0 Å². The predicted molar refractivity (Wildman–Crippen MR) is 69.2 cm³/mol. The van der Waals surface area contributed by atoms with Gasteiger partial charge in [-0.25, -0.2) is 4.39 Å². The van der Waals surface area contributed by atoms with Crippen LogP contribution in [0.3, 0.4) is 0 Å². The van der Waals surface area contributed by atoms with E-state index in [0.29, 0.717) is 19.1 Å². The van der Waals surface area contributed by atoms with Crippen molar-refractivity contribution in [1.82, 2.24) is 4.90 Å². The van der Waals surface area contributed by atoms with Crippen LogP contribution in [0.2, 0.25) is 0 Å². The van der Waals surface area contributed by atoms with Gasteiger partial charge in [0.2, 0.25) is 0 Å². The summed E-state index contributed by atoms with van der Waals surface area (Å²) in [6, 6.07) is 5.52. The first-order valence-electron chi connectivity index (χ1n) is 5.99. The maximum absolute atomic E-state index is 13.3. The molecule has 1 aromatic rings. The van der Waals surface area contributed by atoms with Gasteiger partial charge in [0.05, 0.1) is 6.61 Å². The van der Waals surface area contributed by atoms with Crippen LogP contribution >= 0.6 is 15.9 Å². The zero-order valence-corrected chi connectivity index (χ0v) is 11.3. The fourth-order valence-corrected chi connectivity index (χ4v) is 2.72. The Bertz CT molecular complexity index is 361. The maximum atomic E-state index is 13.3. The Labute approximate surface area is 110 Å². The van der Waals surface area contributed by atoms with Crippen molar-refractivity contribution in [3.63, 3.8) is 0 Å². The van der Waals surface area contributed by atoms with E-state index in [-0.39, 0.29) is 12.4 Å². The van der Waals surface area contributed by atoms with Gasteiger partial charge in [0, 0.05) is 23.6 Å². The van der Waals surface area contributed by atoms with Gasteiger partial charge in [0.25, 0.3) is 0 Å². The minimum Gasteiger partial charge on any atom is -0.395 e. The Hall–Kier alpha value is -0.450. The molecule has 0 saturated heterocycles. The van der Waals surface area contributed by atoms with Crippen LogP contribution in [0.25, 0.3) is 0 Å². The summed E-state index contributed by atoms with van der Waals surface area (Å²) in [6.07, 6.45) is 3.65. The molecule has 1 saturated carbocycles. The molecule has 0 atom stereocenters. The number of hydrogen-bond acceptors (Lipinski definition) is 2. The second-order valence-corrected chi connectivity index (χ2v) is 5.47. The summed E-state index contributed by atoms with van der Waals surface area (Å²) in [4.78, 5) is 2.24. The van der Waals surface area contributed by atoms with Crippen LogP contribution < -0.4 is 0 Å². The lowest BCUT2D eigenvalue weighted by atomic mass is 9.91. The summed E-state index contributed by atoms with van der Waals surface area (Å²) in [5.74, 6) is -0.216. The van der Waals surface area contributed by atoms with E-state index in [1.165, 1.54) is 25.3 Å². The largest absolute Gasteiger partial charge is 0.395 e. The topological polar surface area (TPSA) is 23.5 Å². The minimum absolute atomic E-state index is 0.160. The molecule has 2 nitrogen and oxygen atoms in total. The molecule has 0 radical (unpaired) electrons. The molecule has 0 heterocycles. The van der Waals surface area contributed by atoms with E-state index in [0.717, 1.165) is 10.0 Å². The molecule has 0 aliphatic heterocycles. The van der Waals surface area contributed by atoms with Crippen LogP contribution in [0.4, 0.5) is 4.39 Å². The molecule has 0 amide bonds. The van der Waals surface area contributed by atoms with Gasteiger partial charge in [-0.3, -0.25) is 4.90 Å². The molecule has 1 aliphatic carbocycles.